The Balaban J connectivity index is 1.56. The number of rotatable bonds is 4. The summed E-state index contributed by atoms with van der Waals surface area (Å²) in [5.41, 5.74) is 7.02. The topological polar surface area (TPSA) is 101 Å². The summed E-state index contributed by atoms with van der Waals surface area (Å²) < 4.78 is 19.0. The number of hydrogen-bond acceptors (Lipinski definition) is 8. The molecule has 0 bridgehead atoms. The summed E-state index contributed by atoms with van der Waals surface area (Å²) in [5, 5.41) is 11.8. The fraction of sp³-hybridized carbons (Fsp3) is 0.533. The third-order valence-electron chi connectivity index (χ3n) is 4.39. The lowest BCUT2D eigenvalue weighted by molar-refractivity contribution is 0.0617. The van der Waals surface area contributed by atoms with Crippen LogP contribution >= 0.6 is 0 Å². The van der Waals surface area contributed by atoms with E-state index >= 15 is 0 Å². The van der Waals surface area contributed by atoms with Crippen molar-refractivity contribution in [1.82, 2.24) is 20.2 Å². The van der Waals surface area contributed by atoms with E-state index in [1.807, 2.05) is 43.3 Å². The van der Waals surface area contributed by atoms with Gasteiger partial charge in [0.2, 0.25) is 0 Å². The molecule has 2 aliphatic rings. The van der Waals surface area contributed by atoms with Gasteiger partial charge in [-0.15, -0.1) is 0 Å². The van der Waals surface area contributed by atoms with Crippen molar-refractivity contribution in [3.63, 3.8) is 0 Å². The molecule has 2 saturated heterocycles. The SMILES string of the molecule is CN(C)c1cccc(Oc2nnnn2[C@H]2CO[C@H]3[C@@H]2OC[C@@H]3N)c1. The Bertz CT molecular complexity index is 721. The van der Waals surface area contributed by atoms with Gasteiger partial charge in [0, 0.05) is 25.8 Å². The first kappa shape index (κ1) is 15.3. The molecule has 9 heteroatoms. The van der Waals surface area contributed by atoms with Crippen LogP contribution in [-0.2, 0) is 9.47 Å². The van der Waals surface area contributed by atoms with Gasteiger partial charge < -0.3 is 24.8 Å². The number of nitrogens with two attached hydrogens (primary N) is 1. The largest absolute Gasteiger partial charge is 0.423 e. The van der Waals surface area contributed by atoms with Crippen molar-refractivity contribution in [3.05, 3.63) is 24.3 Å². The van der Waals surface area contributed by atoms with Crippen molar-refractivity contribution in [1.29, 1.82) is 0 Å². The number of ether oxygens (including phenoxy) is 3. The first-order chi connectivity index (χ1) is 11.6. The van der Waals surface area contributed by atoms with E-state index in [2.05, 4.69) is 15.5 Å². The number of aromatic nitrogens is 4. The summed E-state index contributed by atoms with van der Waals surface area (Å²) in [5.74, 6) is 0.664. The molecule has 9 nitrogen and oxygen atoms in total. The van der Waals surface area contributed by atoms with Crippen molar-refractivity contribution in [2.45, 2.75) is 24.3 Å². The smallest absolute Gasteiger partial charge is 0.341 e. The van der Waals surface area contributed by atoms with E-state index in [1.54, 1.807) is 4.68 Å². The molecule has 0 amide bonds. The Morgan fingerprint density at radius 2 is 2.08 bits per heavy atom. The minimum Gasteiger partial charge on any atom is -0.423 e. The molecule has 1 aromatic heterocycles. The monoisotopic (exact) mass is 332 g/mol. The Labute approximate surface area is 139 Å². The molecule has 2 aliphatic heterocycles. The van der Waals surface area contributed by atoms with Gasteiger partial charge in [0.25, 0.3) is 0 Å². The predicted molar refractivity (Wildman–Crippen MR) is 85.2 cm³/mol. The lowest BCUT2D eigenvalue weighted by atomic mass is 10.1. The fourth-order valence-electron chi connectivity index (χ4n) is 3.11. The van der Waals surface area contributed by atoms with E-state index in [0.717, 1.165) is 5.69 Å². The molecular weight excluding hydrogens is 312 g/mol. The van der Waals surface area contributed by atoms with Crippen LogP contribution in [0.4, 0.5) is 5.69 Å². The molecule has 2 N–H and O–H groups in total. The third kappa shape index (κ3) is 2.60. The van der Waals surface area contributed by atoms with Crippen LogP contribution in [0.1, 0.15) is 6.04 Å². The van der Waals surface area contributed by atoms with Gasteiger partial charge >= 0.3 is 6.01 Å². The number of tetrazole rings is 1. The highest BCUT2D eigenvalue weighted by Gasteiger charge is 2.48. The predicted octanol–water partition coefficient (Wildman–Crippen LogP) is 0.197. The molecule has 2 fully saturated rings. The Hall–Kier alpha value is -2.23. The van der Waals surface area contributed by atoms with Crippen LogP contribution in [0.15, 0.2) is 24.3 Å². The molecule has 0 spiro atoms. The standard InChI is InChI=1S/C15H20N6O3/c1-20(2)9-4-3-5-10(6-9)24-15-17-18-19-21(15)12-8-23-13-11(16)7-22-14(12)13/h3-6,11-14H,7-8,16H2,1-2H3/t11-,12-,13+,14+/m0/s1. The minimum atomic E-state index is -0.154. The molecule has 3 heterocycles. The average Bonchev–Trinajstić information content (AvgIpc) is 3.26. The van der Waals surface area contributed by atoms with E-state index in [9.17, 15) is 0 Å². The van der Waals surface area contributed by atoms with E-state index in [-0.39, 0.29) is 24.3 Å². The molecule has 0 unspecified atom stereocenters. The fourth-order valence-corrected chi connectivity index (χ4v) is 3.11. The van der Waals surface area contributed by atoms with Gasteiger partial charge in [0.05, 0.1) is 19.3 Å². The second-order valence-electron chi connectivity index (χ2n) is 6.23. The van der Waals surface area contributed by atoms with Crippen molar-refractivity contribution < 1.29 is 14.2 Å². The van der Waals surface area contributed by atoms with Gasteiger partial charge in [-0.2, -0.15) is 4.68 Å². The van der Waals surface area contributed by atoms with Crippen LogP contribution in [0, 0.1) is 0 Å². The number of anilines is 1. The minimum absolute atomic E-state index is 0.113. The van der Waals surface area contributed by atoms with Crippen LogP contribution in [-0.4, -0.2) is 65.8 Å². The summed E-state index contributed by atoms with van der Waals surface area (Å²) in [6, 6.07) is 7.76. The summed E-state index contributed by atoms with van der Waals surface area (Å²) >= 11 is 0. The summed E-state index contributed by atoms with van der Waals surface area (Å²) in [7, 11) is 3.94. The Morgan fingerprint density at radius 1 is 1.25 bits per heavy atom. The molecule has 4 atom stereocenters. The van der Waals surface area contributed by atoms with E-state index in [1.165, 1.54) is 0 Å². The van der Waals surface area contributed by atoms with Crippen LogP contribution in [0.25, 0.3) is 0 Å². The third-order valence-corrected chi connectivity index (χ3v) is 4.39. The maximum atomic E-state index is 6.00. The molecule has 24 heavy (non-hydrogen) atoms. The van der Waals surface area contributed by atoms with Crippen LogP contribution in [0.5, 0.6) is 11.8 Å². The molecule has 1 aromatic carbocycles. The highest BCUT2D eigenvalue weighted by atomic mass is 16.6. The number of hydrogen-bond donors (Lipinski definition) is 1. The summed E-state index contributed by atoms with van der Waals surface area (Å²) in [6.45, 7) is 0.928. The highest BCUT2D eigenvalue weighted by molar-refractivity contribution is 5.49. The van der Waals surface area contributed by atoms with Gasteiger partial charge in [-0.05, 0) is 22.6 Å². The summed E-state index contributed by atoms with van der Waals surface area (Å²) in [4.78, 5) is 2.00. The maximum absolute atomic E-state index is 6.00. The quantitative estimate of drug-likeness (QED) is 0.847. The van der Waals surface area contributed by atoms with Gasteiger partial charge in [-0.25, -0.2) is 0 Å². The first-order valence-electron chi connectivity index (χ1n) is 7.85. The second-order valence-corrected chi connectivity index (χ2v) is 6.23. The van der Waals surface area contributed by atoms with Gasteiger partial charge in [0.1, 0.15) is 24.0 Å². The van der Waals surface area contributed by atoms with E-state index < -0.39 is 0 Å². The lowest BCUT2D eigenvalue weighted by Crippen LogP contribution is -2.36. The van der Waals surface area contributed by atoms with Crippen LogP contribution in [0.3, 0.4) is 0 Å². The summed E-state index contributed by atoms with van der Waals surface area (Å²) in [6.07, 6.45) is -0.275. The van der Waals surface area contributed by atoms with Gasteiger partial charge in [-0.3, -0.25) is 0 Å². The Morgan fingerprint density at radius 3 is 2.92 bits per heavy atom. The van der Waals surface area contributed by atoms with Crippen LogP contribution in [0.2, 0.25) is 0 Å². The van der Waals surface area contributed by atoms with E-state index in [0.29, 0.717) is 25.0 Å². The van der Waals surface area contributed by atoms with Crippen LogP contribution < -0.4 is 15.4 Å². The van der Waals surface area contributed by atoms with Gasteiger partial charge in [-0.1, -0.05) is 11.2 Å². The number of nitrogens with zero attached hydrogens (tertiary/aromatic N) is 5. The number of fused-ring (bicyclic) bond motifs is 1. The highest BCUT2D eigenvalue weighted by Crippen LogP contribution is 2.35. The number of benzene rings is 1. The molecule has 4 rings (SSSR count). The molecule has 2 aromatic rings. The Kier molecular flexibility index (Phi) is 3.83. The first-order valence-corrected chi connectivity index (χ1v) is 7.85. The zero-order valence-electron chi connectivity index (χ0n) is 13.6. The zero-order valence-corrected chi connectivity index (χ0v) is 13.6. The second kappa shape index (κ2) is 6.00. The maximum Gasteiger partial charge on any atom is 0.341 e. The van der Waals surface area contributed by atoms with Crippen molar-refractivity contribution in [2.75, 3.05) is 32.2 Å². The normalized spacial score (nSPS) is 28.8. The zero-order chi connectivity index (χ0) is 16.7. The van der Waals surface area contributed by atoms with Crippen molar-refractivity contribution in [2.24, 2.45) is 5.73 Å². The van der Waals surface area contributed by atoms with Gasteiger partial charge in [0.15, 0.2) is 0 Å². The van der Waals surface area contributed by atoms with E-state index in [4.69, 9.17) is 19.9 Å². The van der Waals surface area contributed by atoms with Crippen molar-refractivity contribution >= 4 is 5.69 Å². The molecule has 128 valence electrons. The molecule has 0 radical (unpaired) electrons. The average molecular weight is 332 g/mol. The lowest BCUT2D eigenvalue weighted by Gasteiger charge is -2.17. The molecular formula is C15H20N6O3. The molecule has 0 aliphatic carbocycles. The molecule has 0 saturated carbocycles. The van der Waals surface area contributed by atoms with Crippen molar-refractivity contribution in [3.8, 4) is 11.8 Å².